The monoisotopic (exact) mass is 515 g/mol. The van der Waals surface area contributed by atoms with Crippen LogP contribution in [0.4, 0.5) is 5.69 Å². The van der Waals surface area contributed by atoms with Gasteiger partial charge in [0.1, 0.15) is 5.58 Å². The van der Waals surface area contributed by atoms with Gasteiger partial charge < -0.3 is 19.0 Å². The van der Waals surface area contributed by atoms with Crippen LogP contribution in [0, 0.1) is 0 Å². The smallest absolute Gasteiger partial charge is 0.261 e. The van der Waals surface area contributed by atoms with Crippen LogP contribution in [-0.2, 0) is 10.0 Å². The van der Waals surface area contributed by atoms with Gasteiger partial charge in [0.2, 0.25) is 18.0 Å². The minimum atomic E-state index is -3.89. The molecule has 0 fully saturated rings. The van der Waals surface area contributed by atoms with Crippen LogP contribution in [0.2, 0.25) is 0 Å². The summed E-state index contributed by atoms with van der Waals surface area (Å²) in [6.07, 6.45) is 0. The summed E-state index contributed by atoms with van der Waals surface area (Å²) in [7, 11) is -3.89. The van der Waals surface area contributed by atoms with E-state index in [9.17, 15) is 18.3 Å². The van der Waals surface area contributed by atoms with E-state index in [1.165, 1.54) is 30.3 Å². The standard InChI is InChI=1S/C22H14BrNO7S/c23-13-2-1-3-15(9-13)32(27,28)24-14-5-7-17-16(10-14)20(25)21(26)22(31-17)12-4-6-18-19(8-12)30-11-29-18/h1-10,24,26H,11H2. The molecule has 0 amide bonds. The number of hydrogen-bond donors (Lipinski definition) is 2. The van der Waals surface area contributed by atoms with Crippen molar-refractivity contribution in [2.24, 2.45) is 0 Å². The summed E-state index contributed by atoms with van der Waals surface area (Å²) in [5, 5.41) is 10.5. The van der Waals surface area contributed by atoms with Crippen molar-refractivity contribution in [3.8, 4) is 28.6 Å². The lowest BCUT2D eigenvalue weighted by molar-refractivity contribution is 0.174. The highest BCUT2D eigenvalue weighted by molar-refractivity contribution is 9.10. The summed E-state index contributed by atoms with van der Waals surface area (Å²) in [6, 6.07) is 15.4. The molecule has 1 aliphatic rings. The summed E-state index contributed by atoms with van der Waals surface area (Å²) >= 11 is 3.24. The van der Waals surface area contributed by atoms with Gasteiger partial charge in [-0.25, -0.2) is 8.42 Å². The van der Waals surface area contributed by atoms with E-state index in [1.807, 2.05) is 0 Å². The second-order valence-corrected chi connectivity index (χ2v) is 9.55. The van der Waals surface area contributed by atoms with E-state index in [1.54, 1.807) is 30.3 Å². The topological polar surface area (TPSA) is 115 Å². The van der Waals surface area contributed by atoms with Gasteiger partial charge in [-0.3, -0.25) is 9.52 Å². The SMILES string of the molecule is O=c1c(O)c(-c2ccc3c(c2)OCO3)oc2ccc(NS(=O)(=O)c3cccc(Br)c3)cc12. The van der Waals surface area contributed by atoms with Crippen molar-refractivity contribution in [3.63, 3.8) is 0 Å². The van der Waals surface area contributed by atoms with Crippen molar-refractivity contribution in [2.75, 3.05) is 11.5 Å². The molecule has 4 aromatic rings. The normalized spacial score (nSPS) is 12.8. The number of aromatic hydroxyl groups is 1. The Morgan fingerprint density at radius 1 is 0.969 bits per heavy atom. The summed E-state index contributed by atoms with van der Waals surface area (Å²) < 4.78 is 44.8. The maximum atomic E-state index is 12.8. The largest absolute Gasteiger partial charge is 0.502 e. The van der Waals surface area contributed by atoms with Crippen LogP contribution >= 0.6 is 15.9 Å². The van der Waals surface area contributed by atoms with Crippen molar-refractivity contribution in [2.45, 2.75) is 4.90 Å². The van der Waals surface area contributed by atoms with Gasteiger partial charge in [-0.15, -0.1) is 0 Å². The molecule has 0 saturated carbocycles. The zero-order valence-electron chi connectivity index (χ0n) is 16.2. The van der Waals surface area contributed by atoms with Crippen molar-refractivity contribution in [1.29, 1.82) is 0 Å². The number of rotatable bonds is 4. The summed E-state index contributed by atoms with van der Waals surface area (Å²) in [4.78, 5) is 12.9. The van der Waals surface area contributed by atoms with Crippen molar-refractivity contribution >= 4 is 42.6 Å². The van der Waals surface area contributed by atoms with Gasteiger partial charge in [-0.2, -0.15) is 0 Å². The Morgan fingerprint density at radius 3 is 2.59 bits per heavy atom. The summed E-state index contributed by atoms with van der Waals surface area (Å²) in [5.74, 6) is 0.410. The van der Waals surface area contributed by atoms with Crippen LogP contribution < -0.4 is 19.6 Å². The number of halogens is 1. The van der Waals surface area contributed by atoms with E-state index in [0.29, 0.717) is 21.5 Å². The maximum absolute atomic E-state index is 12.8. The zero-order valence-corrected chi connectivity index (χ0v) is 18.6. The molecule has 8 nitrogen and oxygen atoms in total. The number of ether oxygens (including phenoxy) is 2. The second kappa shape index (κ2) is 7.57. The highest BCUT2D eigenvalue weighted by Gasteiger charge is 2.21. The molecule has 3 aromatic carbocycles. The molecule has 1 aliphatic heterocycles. The molecule has 0 bridgehead atoms. The molecule has 2 heterocycles. The number of fused-ring (bicyclic) bond motifs is 2. The Balaban J connectivity index is 1.55. The summed E-state index contributed by atoms with van der Waals surface area (Å²) in [5.41, 5.74) is 0.0819. The van der Waals surface area contributed by atoms with Crippen LogP contribution in [0.5, 0.6) is 17.2 Å². The molecule has 5 rings (SSSR count). The first-order chi connectivity index (χ1) is 15.3. The number of anilines is 1. The molecule has 2 N–H and O–H groups in total. The van der Waals surface area contributed by atoms with Crippen molar-refractivity contribution < 1.29 is 27.4 Å². The highest BCUT2D eigenvalue weighted by atomic mass is 79.9. The average Bonchev–Trinajstić information content (AvgIpc) is 3.24. The van der Waals surface area contributed by atoms with E-state index < -0.39 is 21.2 Å². The molecule has 0 unspecified atom stereocenters. The van der Waals surface area contributed by atoms with Gasteiger partial charge in [0.15, 0.2) is 17.3 Å². The number of benzene rings is 3. The Labute approximate surface area is 190 Å². The molecule has 1 aromatic heterocycles. The van der Waals surface area contributed by atoms with Gasteiger partial charge in [0.25, 0.3) is 10.0 Å². The first kappa shape index (κ1) is 20.4. The van der Waals surface area contributed by atoms with Crippen LogP contribution in [0.3, 0.4) is 0 Å². The minimum absolute atomic E-state index is 0.0248. The predicted octanol–water partition coefficient (Wildman–Crippen LogP) is 4.46. The van der Waals surface area contributed by atoms with E-state index >= 15 is 0 Å². The van der Waals surface area contributed by atoms with Gasteiger partial charge in [0, 0.05) is 15.7 Å². The van der Waals surface area contributed by atoms with Gasteiger partial charge in [-0.1, -0.05) is 22.0 Å². The lowest BCUT2D eigenvalue weighted by Gasteiger charge is -2.10. The number of nitrogens with one attached hydrogen (secondary N) is 1. The van der Waals surface area contributed by atoms with Crippen molar-refractivity contribution in [3.05, 3.63) is 75.4 Å². The Hall–Kier alpha value is -3.50. The molecular weight excluding hydrogens is 502 g/mol. The summed E-state index contributed by atoms with van der Waals surface area (Å²) in [6.45, 7) is 0.0883. The fraction of sp³-hybridized carbons (Fsp3) is 0.0455. The molecular formula is C22H14BrNO7S. The van der Waals surface area contributed by atoms with E-state index in [2.05, 4.69) is 20.7 Å². The fourth-order valence-electron chi connectivity index (χ4n) is 3.33. The number of sulfonamides is 1. The lowest BCUT2D eigenvalue weighted by atomic mass is 10.1. The minimum Gasteiger partial charge on any atom is -0.502 e. The fourth-order valence-corrected chi connectivity index (χ4v) is 4.98. The number of hydrogen-bond acceptors (Lipinski definition) is 7. The van der Waals surface area contributed by atoms with Crippen LogP contribution in [0.25, 0.3) is 22.3 Å². The Bertz CT molecular complexity index is 1550. The Kier molecular flexibility index (Phi) is 4.83. The molecule has 0 aliphatic carbocycles. The van der Waals surface area contributed by atoms with Crippen molar-refractivity contribution in [1.82, 2.24) is 0 Å². The lowest BCUT2D eigenvalue weighted by Crippen LogP contribution is -2.13. The van der Waals surface area contributed by atoms with E-state index in [-0.39, 0.29) is 34.1 Å². The molecule has 10 heteroatoms. The van der Waals surface area contributed by atoms with E-state index in [0.717, 1.165) is 0 Å². The van der Waals surface area contributed by atoms with E-state index in [4.69, 9.17) is 13.9 Å². The third kappa shape index (κ3) is 3.57. The molecule has 32 heavy (non-hydrogen) atoms. The Morgan fingerprint density at radius 2 is 1.78 bits per heavy atom. The highest BCUT2D eigenvalue weighted by Crippen LogP contribution is 2.38. The third-order valence-corrected chi connectivity index (χ3v) is 6.73. The first-order valence-corrected chi connectivity index (χ1v) is 11.6. The molecule has 0 saturated heterocycles. The van der Waals surface area contributed by atoms with Crippen LogP contribution in [0.15, 0.2) is 79.2 Å². The van der Waals surface area contributed by atoms with Gasteiger partial charge in [-0.05, 0) is 54.6 Å². The maximum Gasteiger partial charge on any atom is 0.261 e. The zero-order chi connectivity index (χ0) is 22.5. The van der Waals surface area contributed by atoms with Gasteiger partial charge >= 0.3 is 0 Å². The molecule has 0 atom stereocenters. The predicted molar refractivity (Wildman–Crippen MR) is 121 cm³/mol. The third-order valence-electron chi connectivity index (χ3n) is 4.86. The van der Waals surface area contributed by atoms with Crippen LogP contribution in [-0.4, -0.2) is 20.3 Å². The second-order valence-electron chi connectivity index (χ2n) is 6.95. The average molecular weight is 516 g/mol. The first-order valence-electron chi connectivity index (χ1n) is 9.30. The molecule has 162 valence electrons. The van der Waals surface area contributed by atoms with Crippen LogP contribution in [0.1, 0.15) is 0 Å². The molecule has 0 radical (unpaired) electrons. The van der Waals surface area contributed by atoms with Gasteiger partial charge in [0.05, 0.1) is 10.3 Å². The quantitative estimate of drug-likeness (QED) is 0.412. The molecule has 0 spiro atoms.